The van der Waals surface area contributed by atoms with Crippen LogP contribution in [0.15, 0.2) is 226 Å². The number of aromatic nitrogens is 2. The molecular weight excluding hydrogens is 637 g/mol. The molecule has 0 amide bonds. The number of rotatable bonds is 6. The van der Waals surface area contributed by atoms with Crippen molar-refractivity contribution in [2.45, 2.75) is 19.6 Å². The van der Waals surface area contributed by atoms with Gasteiger partial charge >= 0.3 is 0 Å². The molecule has 0 spiro atoms. The van der Waals surface area contributed by atoms with E-state index in [-0.39, 0.29) is 0 Å². The van der Waals surface area contributed by atoms with Gasteiger partial charge in [0.2, 0.25) is 0 Å². The Kier molecular flexibility index (Phi) is 6.93. The summed E-state index contributed by atoms with van der Waals surface area (Å²) in [7, 11) is -1.93. The van der Waals surface area contributed by atoms with Crippen molar-refractivity contribution in [1.82, 2.24) is 9.13 Å². The highest BCUT2D eigenvalue weighted by atomic mass is 32.3. The third-order valence-corrected chi connectivity index (χ3v) is 14.1. The fourth-order valence-corrected chi connectivity index (χ4v) is 11.9. The molecule has 0 aliphatic rings. The monoisotopic (exact) mass is 670 g/mol. The highest BCUT2D eigenvalue weighted by Gasteiger charge is 2.34. The van der Waals surface area contributed by atoms with E-state index in [0.717, 1.165) is 11.4 Å². The standard InChI is InChI=1S/C48H34N2S/c1-4-16-35(17-5-1)50-47-27-15-12-24-43(47)44-33-32-40(34-48(44)50)51(37-18-6-2-7-19-37,38-20-8-3-9-21-38)39-30-28-36(29-31-39)49-45-25-13-10-22-41(45)42-23-11-14-26-46(42)49/h1-34H. The molecule has 0 fully saturated rings. The summed E-state index contributed by atoms with van der Waals surface area (Å²) in [6, 6.07) is 75.9. The van der Waals surface area contributed by atoms with Crippen LogP contribution in [0.2, 0.25) is 0 Å². The Hall–Kier alpha value is -6.29. The Morgan fingerprint density at radius 1 is 0.255 bits per heavy atom. The Morgan fingerprint density at radius 2 is 0.608 bits per heavy atom. The van der Waals surface area contributed by atoms with E-state index >= 15 is 0 Å². The summed E-state index contributed by atoms with van der Waals surface area (Å²) < 4.78 is 4.83. The summed E-state index contributed by atoms with van der Waals surface area (Å²) in [6.07, 6.45) is 0. The van der Waals surface area contributed by atoms with Crippen LogP contribution in [0.1, 0.15) is 0 Å². The fourth-order valence-electron chi connectivity index (χ4n) is 8.06. The zero-order chi connectivity index (χ0) is 33.8. The third kappa shape index (κ3) is 4.52. The van der Waals surface area contributed by atoms with Gasteiger partial charge in [0.15, 0.2) is 0 Å². The molecule has 8 aromatic carbocycles. The molecular formula is C48H34N2S. The van der Waals surface area contributed by atoms with Gasteiger partial charge < -0.3 is 9.13 Å². The highest BCUT2D eigenvalue weighted by Crippen LogP contribution is 2.73. The summed E-state index contributed by atoms with van der Waals surface area (Å²) >= 11 is 0. The summed E-state index contributed by atoms with van der Waals surface area (Å²) in [5.41, 5.74) is 7.18. The van der Waals surface area contributed by atoms with Crippen LogP contribution in [0, 0.1) is 0 Å². The van der Waals surface area contributed by atoms with E-state index in [1.54, 1.807) is 0 Å². The molecule has 0 aliphatic carbocycles. The van der Waals surface area contributed by atoms with Crippen LogP contribution in [0.5, 0.6) is 0 Å². The van der Waals surface area contributed by atoms with Gasteiger partial charge in [0.05, 0.1) is 22.1 Å². The predicted molar refractivity (Wildman–Crippen MR) is 215 cm³/mol. The molecule has 0 atom stereocenters. The number of nitrogens with zero attached hydrogens (tertiary/aromatic N) is 2. The summed E-state index contributed by atoms with van der Waals surface area (Å²) in [6.45, 7) is 0. The summed E-state index contributed by atoms with van der Waals surface area (Å²) in [5, 5.41) is 5.06. The first-order valence-corrected chi connectivity index (χ1v) is 19.1. The maximum Gasteiger partial charge on any atom is 0.0552 e. The van der Waals surface area contributed by atoms with Crippen LogP contribution in [0.3, 0.4) is 0 Å². The van der Waals surface area contributed by atoms with Gasteiger partial charge in [0, 0.05) is 52.5 Å². The molecule has 0 unspecified atom stereocenters. The van der Waals surface area contributed by atoms with Crippen LogP contribution in [-0.4, -0.2) is 9.13 Å². The normalized spacial score (nSPS) is 12.2. The number of hydrogen-bond acceptors (Lipinski definition) is 0. The van der Waals surface area contributed by atoms with Gasteiger partial charge in [-0.3, -0.25) is 0 Å². The molecule has 10 aromatic rings. The minimum atomic E-state index is -1.93. The molecule has 242 valence electrons. The Balaban J connectivity index is 1.26. The molecule has 51 heavy (non-hydrogen) atoms. The van der Waals surface area contributed by atoms with Crippen molar-refractivity contribution < 1.29 is 0 Å². The second-order valence-electron chi connectivity index (χ2n) is 13.0. The van der Waals surface area contributed by atoms with Crippen molar-refractivity contribution in [2.24, 2.45) is 0 Å². The second-order valence-corrected chi connectivity index (χ2v) is 16.1. The van der Waals surface area contributed by atoms with E-state index < -0.39 is 10.0 Å². The van der Waals surface area contributed by atoms with Gasteiger partial charge in [0.1, 0.15) is 0 Å². The van der Waals surface area contributed by atoms with Gasteiger partial charge in [-0.1, -0.05) is 115 Å². The number of benzene rings is 8. The lowest BCUT2D eigenvalue weighted by Crippen LogP contribution is -2.06. The fraction of sp³-hybridized carbons (Fsp3) is 0. The van der Waals surface area contributed by atoms with Crippen molar-refractivity contribution in [1.29, 1.82) is 0 Å². The number of para-hydroxylation sites is 4. The third-order valence-electron chi connectivity index (χ3n) is 10.2. The van der Waals surface area contributed by atoms with Crippen LogP contribution in [0.25, 0.3) is 55.0 Å². The molecule has 0 aliphatic heterocycles. The minimum Gasteiger partial charge on any atom is -0.309 e. The second kappa shape index (κ2) is 11.9. The lowest BCUT2D eigenvalue weighted by molar-refractivity contribution is 1.16. The topological polar surface area (TPSA) is 9.86 Å². The van der Waals surface area contributed by atoms with E-state index in [1.807, 2.05) is 0 Å². The molecule has 3 heteroatoms. The van der Waals surface area contributed by atoms with Crippen LogP contribution < -0.4 is 0 Å². The summed E-state index contributed by atoms with van der Waals surface area (Å²) in [4.78, 5) is 5.22. The van der Waals surface area contributed by atoms with E-state index in [9.17, 15) is 0 Å². The van der Waals surface area contributed by atoms with Crippen molar-refractivity contribution in [3.8, 4) is 11.4 Å². The molecule has 2 heterocycles. The maximum absolute atomic E-state index is 2.47. The average molecular weight is 671 g/mol. The SMILES string of the molecule is c1ccc(-n2c3ccccc3c3ccc(S(c4ccccc4)(c4ccccc4)c4ccc(-n5c6ccccc6c6ccccc65)cc4)cc32)cc1. The van der Waals surface area contributed by atoms with Crippen LogP contribution in [-0.2, 0) is 0 Å². The van der Waals surface area contributed by atoms with Crippen molar-refractivity contribution in [3.05, 3.63) is 206 Å². The molecule has 0 N–H and O–H groups in total. The lowest BCUT2D eigenvalue weighted by atomic mass is 10.2. The summed E-state index contributed by atoms with van der Waals surface area (Å²) in [5.74, 6) is 0. The van der Waals surface area contributed by atoms with E-state index in [2.05, 4.69) is 215 Å². The van der Waals surface area contributed by atoms with Crippen molar-refractivity contribution >= 4 is 53.6 Å². The van der Waals surface area contributed by atoms with E-state index in [0.29, 0.717) is 0 Å². The zero-order valence-electron chi connectivity index (χ0n) is 27.9. The van der Waals surface area contributed by atoms with Crippen LogP contribution >= 0.6 is 10.0 Å². The molecule has 0 radical (unpaired) electrons. The molecule has 10 rings (SSSR count). The van der Waals surface area contributed by atoms with Gasteiger partial charge in [0.25, 0.3) is 0 Å². The van der Waals surface area contributed by atoms with Gasteiger partial charge in [-0.2, -0.15) is 0 Å². The predicted octanol–water partition coefficient (Wildman–Crippen LogP) is 13.2. The first-order valence-electron chi connectivity index (χ1n) is 17.4. The first-order chi connectivity index (χ1) is 25.3. The largest absolute Gasteiger partial charge is 0.309 e. The zero-order valence-corrected chi connectivity index (χ0v) is 28.7. The molecule has 0 bridgehead atoms. The van der Waals surface area contributed by atoms with E-state index in [1.165, 1.54) is 63.2 Å². The smallest absolute Gasteiger partial charge is 0.0552 e. The Morgan fingerprint density at radius 3 is 1.12 bits per heavy atom. The quantitative estimate of drug-likeness (QED) is 0.167. The van der Waals surface area contributed by atoms with Gasteiger partial charge in [-0.25, -0.2) is 0 Å². The Labute approximate surface area is 298 Å². The van der Waals surface area contributed by atoms with Crippen molar-refractivity contribution in [2.75, 3.05) is 0 Å². The highest BCUT2D eigenvalue weighted by molar-refractivity contribution is 8.34. The number of fused-ring (bicyclic) bond motifs is 6. The average Bonchev–Trinajstić information content (AvgIpc) is 3.72. The lowest BCUT2D eigenvalue weighted by Gasteiger charge is -2.42. The molecule has 0 saturated carbocycles. The van der Waals surface area contributed by atoms with Crippen molar-refractivity contribution in [3.63, 3.8) is 0 Å². The van der Waals surface area contributed by atoms with Gasteiger partial charge in [-0.15, -0.1) is 10.0 Å². The molecule has 0 saturated heterocycles. The number of hydrogen-bond donors (Lipinski definition) is 0. The molecule has 2 aromatic heterocycles. The first kappa shape index (κ1) is 29.6. The minimum absolute atomic E-state index is 1.16. The van der Waals surface area contributed by atoms with Gasteiger partial charge in [-0.05, 0) is 91.0 Å². The maximum atomic E-state index is 2.47. The van der Waals surface area contributed by atoms with E-state index in [4.69, 9.17) is 0 Å². The van der Waals surface area contributed by atoms with Crippen LogP contribution in [0.4, 0.5) is 0 Å². The Bertz CT molecular complexity index is 2740. The molecule has 2 nitrogen and oxygen atoms in total.